The lowest BCUT2D eigenvalue weighted by Crippen LogP contribution is -2.54. The number of amides is 4. The molecule has 3 atom stereocenters. The van der Waals surface area contributed by atoms with Crippen LogP contribution in [0.2, 0.25) is 0 Å². The van der Waals surface area contributed by atoms with Gasteiger partial charge in [-0.3, -0.25) is 39.2 Å². The highest BCUT2D eigenvalue weighted by atomic mass is 16.2. The van der Waals surface area contributed by atoms with E-state index in [9.17, 15) is 19.2 Å². The summed E-state index contributed by atoms with van der Waals surface area (Å²) in [4.78, 5) is 55.4. The Morgan fingerprint density at radius 1 is 0.938 bits per heavy atom. The maximum absolute atomic E-state index is 13.0. The molecule has 3 aliphatic heterocycles. The molecule has 1 aromatic rings. The first-order valence-electron chi connectivity index (χ1n) is 11.5. The number of piperazine rings is 1. The first kappa shape index (κ1) is 21.2. The van der Waals surface area contributed by atoms with Crippen molar-refractivity contribution < 1.29 is 19.2 Å². The molecule has 32 heavy (non-hydrogen) atoms. The molecule has 3 heterocycles. The average Bonchev–Trinajstić information content (AvgIpc) is 3.31. The standard InChI is InChI=1S/C23H29N5O4/c24-15-2-3-16(12-15)27-9-7-26(8-10-27)13-14-1-4-17-18(11-14)23(32)28(22(17)31)19-5-6-20(29)25-21(19)30/h1,4,11,15-16,19H,2-3,5-10,12-13,24H2,(H,25,29,30). The smallest absolute Gasteiger partial charge is 0.262 e. The fraction of sp³-hybridized carbons (Fsp3) is 0.565. The molecule has 4 aliphatic rings. The Balaban J connectivity index is 1.23. The van der Waals surface area contributed by atoms with E-state index in [-0.39, 0.29) is 18.7 Å². The van der Waals surface area contributed by atoms with Crippen molar-refractivity contribution in [2.75, 3.05) is 26.2 Å². The van der Waals surface area contributed by atoms with Crippen molar-refractivity contribution in [2.24, 2.45) is 5.73 Å². The van der Waals surface area contributed by atoms with E-state index in [4.69, 9.17) is 5.73 Å². The van der Waals surface area contributed by atoms with Crippen LogP contribution in [-0.4, -0.2) is 82.6 Å². The molecule has 1 aromatic carbocycles. The summed E-state index contributed by atoms with van der Waals surface area (Å²) in [5, 5.41) is 2.22. The highest BCUT2D eigenvalue weighted by Gasteiger charge is 2.44. The number of hydrogen-bond acceptors (Lipinski definition) is 7. The van der Waals surface area contributed by atoms with Gasteiger partial charge in [0.15, 0.2) is 0 Å². The number of imide groups is 2. The van der Waals surface area contributed by atoms with Crippen LogP contribution in [0.3, 0.4) is 0 Å². The van der Waals surface area contributed by atoms with Gasteiger partial charge in [0.2, 0.25) is 11.8 Å². The summed E-state index contributed by atoms with van der Waals surface area (Å²) in [5.41, 5.74) is 7.72. The number of hydrogen-bond donors (Lipinski definition) is 2. The minimum absolute atomic E-state index is 0.119. The third kappa shape index (κ3) is 3.85. The molecule has 9 heteroatoms. The van der Waals surface area contributed by atoms with Crippen LogP contribution in [-0.2, 0) is 16.1 Å². The van der Waals surface area contributed by atoms with Gasteiger partial charge in [0.1, 0.15) is 6.04 Å². The summed E-state index contributed by atoms with van der Waals surface area (Å²) < 4.78 is 0. The largest absolute Gasteiger partial charge is 0.328 e. The molecule has 0 spiro atoms. The number of rotatable bonds is 4. The van der Waals surface area contributed by atoms with Crippen LogP contribution >= 0.6 is 0 Å². The lowest BCUT2D eigenvalue weighted by molar-refractivity contribution is -0.136. The molecule has 0 aromatic heterocycles. The van der Waals surface area contributed by atoms with Crippen LogP contribution in [0, 0.1) is 0 Å². The molecule has 1 aliphatic carbocycles. The van der Waals surface area contributed by atoms with Gasteiger partial charge in [-0.2, -0.15) is 0 Å². The molecular formula is C23H29N5O4. The predicted octanol–water partition coefficient (Wildman–Crippen LogP) is 0.0852. The van der Waals surface area contributed by atoms with Crippen molar-refractivity contribution in [3.05, 3.63) is 34.9 Å². The average molecular weight is 440 g/mol. The van der Waals surface area contributed by atoms with Gasteiger partial charge in [-0.15, -0.1) is 0 Å². The number of carbonyl (C=O) groups is 4. The van der Waals surface area contributed by atoms with E-state index < -0.39 is 23.8 Å². The van der Waals surface area contributed by atoms with Crippen molar-refractivity contribution in [1.82, 2.24) is 20.0 Å². The van der Waals surface area contributed by atoms with Crippen LogP contribution in [0.5, 0.6) is 0 Å². The minimum atomic E-state index is -0.930. The summed E-state index contributed by atoms with van der Waals surface area (Å²) in [7, 11) is 0. The summed E-state index contributed by atoms with van der Waals surface area (Å²) in [6.45, 7) is 4.66. The van der Waals surface area contributed by atoms with Gasteiger partial charge in [0, 0.05) is 51.2 Å². The van der Waals surface area contributed by atoms with Gasteiger partial charge < -0.3 is 5.73 Å². The highest BCUT2D eigenvalue weighted by molar-refractivity contribution is 6.23. The molecule has 9 nitrogen and oxygen atoms in total. The zero-order valence-corrected chi connectivity index (χ0v) is 18.1. The monoisotopic (exact) mass is 439 g/mol. The number of carbonyl (C=O) groups excluding carboxylic acids is 4. The minimum Gasteiger partial charge on any atom is -0.328 e. The van der Waals surface area contributed by atoms with Crippen molar-refractivity contribution >= 4 is 23.6 Å². The molecule has 3 unspecified atom stereocenters. The van der Waals surface area contributed by atoms with E-state index >= 15 is 0 Å². The van der Waals surface area contributed by atoms with Crippen molar-refractivity contribution in [3.8, 4) is 0 Å². The molecule has 0 bridgehead atoms. The summed E-state index contributed by atoms with van der Waals surface area (Å²) >= 11 is 0. The molecule has 2 saturated heterocycles. The number of piperidine rings is 1. The Morgan fingerprint density at radius 3 is 2.38 bits per heavy atom. The molecule has 1 saturated carbocycles. The summed E-state index contributed by atoms with van der Waals surface area (Å²) in [5.74, 6) is -1.88. The number of nitrogens with zero attached hydrogens (tertiary/aromatic N) is 3. The van der Waals surface area contributed by atoms with Crippen LogP contribution in [0.15, 0.2) is 18.2 Å². The maximum Gasteiger partial charge on any atom is 0.262 e. The predicted molar refractivity (Wildman–Crippen MR) is 116 cm³/mol. The third-order valence-electron chi connectivity index (χ3n) is 7.28. The number of benzene rings is 1. The number of fused-ring (bicyclic) bond motifs is 1. The second kappa shape index (κ2) is 8.38. The first-order valence-corrected chi connectivity index (χ1v) is 11.5. The Morgan fingerprint density at radius 2 is 1.69 bits per heavy atom. The highest BCUT2D eigenvalue weighted by Crippen LogP contribution is 2.29. The lowest BCUT2D eigenvalue weighted by Gasteiger charge is -2.38. The molecule has 4 amide bonds. The van der Waals surface area contributed by atoms with E-state index in [2.05, 4.69) is 15.1 Å². The van der Waals surface area contributed by atoms with Crippen molar-refractivity contribution in [2.45, 2.75) is 56.8 Å². The zero-order chi connectivity index (χ0) is 22.4. The van der Waals surface area contributed by atoms with Crippen LogP contribution in [0.4, 0.5) is 0 Å². The Kier molecular flexibility index (Phi) is 5.56. The van der Waals surface area contributed by atoms with Crippen LogP contribution in [0.1, 0.15) is 58.4 Å². The van der Waals surface area contributed by atoms with Gasteiger partial charge >= 0.3 is 0 Å². The van der Waals surface area contributed by atoms with Gasteiger partial charge in [0.25, 0.3) is 11.8 Å². The lowest BCUT2D eigenvalue weighted by atomic mass is 10.0. The molecule has 5 rings (SSSR count). The molecular weight excluding hydrogens is 410 g/mol. The first-order chi connectivity index (χ1) is 15.4. The number of nitrogens with two attached hydrogens (primary N) is 1. The van der Waals surface area contributed by atoms with Gasteiger partial charge in [0.05, 0.1) is 11.1 Å². The van der Waals surface area contributed by atoms with E-state index in [1.54, 1.807) is 12.1 Å². The normalized spacial score (nSPS) is 29.5. The van der Waals surface area contributed by atoms with Gasteiger partial charge in [-0.05, 0) is 43.4 Å². The van der Waals surface area contributed by atoms with Crippen molar-refractivity contribution in [1.29, 1.82) is 0 Å². The fourth-order valence-corrected chi connectivity index (χ4v) is 5.48. The second-order valence-electron chi connectivity index (χ2n) is 9.37. The third-order valence-corrected chi connectivity index (χ3v) is 7.28. The molecule has 0 radical (unpaired) electrons. The quantitative estimate of drug-likeness (QED) is 0.639. The molecule has 3 N–H and O–H groups in total. The fourth-order valence-electron chi connectivity index (χ4n) is 5.48. The van der Waals surface area contributed by atoms with E-state index in [0.717, 1.165) is 49.5 Å². The second-order valence-corrected chi connectivity index (χ2v) is 9.37. The Labute approximate surface area is 186 Å². The van der Waals surface area contributed by atoms with Crippen LogP contribution in [0.25, 0.3) is 0 Å². The Hall–Kier alpha value is -2.62. The zero-order valence-electron chi connectivity index (χ0n) is 18.1. The maximum atomic E-state index is 13.0. The SMILES string of the molecule is NC1CCC(N2CCN(Cc3ccc4c(c3)C(=O)N(C3CCC(=O)NC3=O)C4=O)CC2)C1. The summed E-state index contributed by atoms with van der Waals surface area (Å²) in [6.07, 6.45) is 3.67. The van der Waals surface area contributed by atoms with Gasteiger partial charge in [-0.1, -0.05) is 6.07 Å². The Bertz CT molecular complexity index is 971. The summed E-state index contributed by atoms with van der Waals surface area (Å²) in [6, 6.07) is 5.37. The topological polar surface area (TPSA) is 116 Å². The van der Waals surface area contributed by atoms with Gasteiger partial charge in [-0.25, -0.2) is 0 Å². The molecule has 3 fully saturated rings. The van der Waals surface area contributed by atoms with Crippen molar-refractivity contribution in [3.63, 3.8) is 0 Å². The molecule has 170 valence electrons. The van der Waals surface area contributed by atoms with E-state index in [0.29, 0.717) is 29.8 Å². The van der Waals surface area contributed by atoms with E-state index in [1.165, 1.54) is 6.42 Å². The van der Waals surface area contributed by atoms with Crippen LogP contribution < -0.4 is 11.1 Å². The van der Waals surface area contributed by atoms with E-state index in [1.807, 2.05) is 6.07 Å². The number of nitrogens with one attached hydrogen (secondary N) is 1.